The molecule has 0 amide bonds. The van der Waals surface area contributed by atoms with Crippen LogP contribution in [0.2, 0.25) is 0 Å². The quantitative estimate of drug-likeness (QED) is 0.619. The van der Waals surface area contributed by atoms with Gasteiger partial charge in [-0.05, 0) is 44.8 Å². The fourth-order valence-corrected chi connectivity index (χ4v) is 3.05. The number of likely N-dealkylation sites (tertiary alicyclic amines) is 1. The highest BCUT2D eigenvalue weighted by Crippen LogP contribution is 2.20. The normalized spacial score (nSPS) is 19.6. The first-order valence-corrected chi connectivity index (χ1v) is 7.86. The zero-order valence-electron chi connectivity index (χ0n) is 12.8. The van der Waals surface area contributed by atoms with Gasteiger partial charge in [0, 0.05) is 24.7 Å². The number of benzene rings is 1. The number of nitrogens with one attached hydrogen (secondary N) is 1. The lowest BCUT2D eigenvalue weighted by molar-refractivity contribution is -0.385. The van der Waals surface area contributed by atoms with Crippen molar-refractivity contribution in [3.8, 4) is 0 Å². The molecule has 5 heteroatoms. The standard InChI is InChI=1S/C16H25N3O2/c1-2-17-12-14-6-5-10-18(13-14)11-9-15-7-3-4-8-16(15)19(20)21/h3-4,7-8,14,17H,2,5-6,9-13H2,1H3. The summed E-state index contributed by atoms with van der Waals surface area (Å²) in [6.07, 6.45) is 3.27. The van der Waals surface area contributed by atoms with Crippen LogP contribution in [0.4, 0.5) is 5.69 Å². The maximum atomic E-state index is 11.0. The van der Waals surface area contributed by atoms with Gasteiger partial charge in [0.2, 0.25) is 0 Å². The lowest BCUT2D eigenvalue weighted by atomic mass is 9.97. The predicted octanol–water partition coefficient (Wildman–Crippen LogP) is 2.46. The van der Waals surface area contributed by atoms with E-state index >= 15 is 0 Å². The fraction of sp³-hybridized carbons (Fsp3) is 0.625. The van der Waals surface area contributed by atoms with E-state index in [1.54, 1.807) is 12.1 Å². The summed E-state index contributed by atoms with van der Waals surface area (Å²) in [7, 11) is 0. The van der Waals surface area contributed by atoms with Gasteiger partial charge in [0.25, 0.3) is 5.69 Å². The Bertz CT molecular complexity index is 465. The summed E-state index contributed by atoms with van der Waals surface area (Å²) in [5.74, 6) is 0.712. The van der Waals surface area contributed by atoms with Crippen LogP contribution >= 0.6 is 0 Å². The van der Waals surface area contributed by atoms with Gasteiger partial charge in [-0.1, -0.05) is 25.1 Å². The molecule has 1 saturated heterocycles. The van der Waals surface area contributed by atoms with Crippen molar-refractivity contribution < 1.29 is 4.92 Å². The molecule has 1 aliphatic rings. The Morgan fingerprint density at radius 3 is 3.00 bits per heavy atom. The van der Waals surface area contributed by atoms with E-state index in [1.165, 1.54) is 12.8 Å². The molecule has 1 unspecified atom stereocenters. The molecule has 1 N–H and O–H groups in total. The molecule has 1 aromatic carbocycles. The summed E-state index contributed by atoms with van der Waals surface area (Å²) in [4.78, 5) is 13.2. The van der Waals surface area contributed by atoms with Crippen molar-refractivity contribution in [3.05, 3.63) is 39.9 Å². The number of hydrogen-bond donors (Lipinski definition) is 1. The van der Waals surface area contributed by atoms with Crippen LogP contribution in [-0.2, 0) is 6.42 Å². The van der Waals surface area contributed by atoms with Gasteiger partial charge in [0.05, 0.1) is 4.92 Å². The van der Waals surface area contributed by atoms with Crippen molar-refractivity contribution in [2.24, 2.45) is 5.92 Å². The van der Waals surface area contributed by atoms with Crippen molar-refractivity contribution >= 4 is 5.69 Å². The van der Waals surface area contributed by atoms with Gasteiger partial charge in [-0.25, -0.2) is 0 Å². The molecule has 1 aliphatic heterocycles. The number of rotatable bonds is 7. The third-order valence-corrected chi connectivity index (χ3v) is 4.17. The number of nitro benzene ring substituents is 1. The van der Waals surface area contributed by atoms with Crippen LogP contribution in [0.1, 0.15) is 25.3 Å². The molecule has 21 heavy (non-hydrogen) atoms. The van der Waals surface area contributed by atoms with E-state index in [4.69, 9.17) is 0 Å². The van der Waals surface area contributed by atoms with Crippen molar-refractivity contribution in [2.75, 3.05) is 32.7 Å². The van der Waals surface area contributed by atoms with Gasteiger partial charge >= 0.3 is 0 Å². The van der Waals surface area contributed by atoms with E-state index in [0.29, 0.717) is 5.92 Å². The van der Waals surface area contributed by atoms with Crippen LogP contribution < -0.4 is 5.32 Å². The summed E-state index contributed by atoms with van der Waals surface area (Å²) in [5, 5.41) is 14.4. The Labute approximate surface area is 126 Å². The minimum absolute atomic E-state index is 0.249. The lowest BCUT2D eigenvalue weighted by Gasteiger charge is -2.32. The second-order valence-corrected chi connectivity index (χ2v) is 5.75. The Balaban J connectivity index is 1.86. The average Bonchev–Trinajstić information content (AvgIpc) is 2.51. The molecular weight excluding hydrogens is 266 g/mol. The first-order valence-electron chi connectivity index (χ1n) is 7.86. The molecule has 0 bridgehead atoms. The lowest BCUT2D eigenvalue weighted by Crippen LogP contribution is -2.40. The van der Waals surface area contributed by atoms with Crippen molar-refractivity contribution in [1.29, 1.82) is 0 Å². The molecule has 0 aliphatic carbocycles. The van der Waals surface area contributed by atoms with Gasteiger partial charge in [-0.3, -0.25) is 10.1 Å². The Morgan fingerprint density at radius 2 is 2.24 bits per heavy atom. The van der Waals surface area contributed by atoms with Crippen molar-refractivity contribution in [1.82, 2.24) is 10.2 Å². The summed E-state index contributed by atoms with van der Waals surface area (Å²) < 4.78 is 0. The highest BCUT2D eigenvalue weighted by molar-refractivity contribution is 5.39. The molecule has 0 spiro atoms. The molecule has 0 aromatic heterocycles. The van der Waals surface area contributed by atoms with Crippen molar-refractivity contribution in [3.63, 3.8) is 0 Å². The van der Waals surface area contributed by atoms with Gasteiger partial charge in [0.15, 0.2) is 0 Å². The second kappa shape index (κ2) is 8.10. The molecule has 5 nitrogen and oxygen atoms in total. The molecule has 0 saturated carbocycles. The molecule has 1 atom stereocenters. The zero-order valence-corrected chi connectivity index (χ0v) is 12.8. The largest absolute Gasteiger partial charge is 0.317 e. The first kappa shape index (κ1) is 15.9. The van der Waals surface area contributed by atoms with E-state index in [1.807, 2.05) is 12.1 Å². The highest BCUT2D eigenvalue weighted by atomic mass is 16.6. The Hall–Kier alpha value is -1.46. The van der Waals surface area contributed by atoms with E-state index in [9.17, 15) is 10.1 Å². The van der Waals surface area contributed by atoms with E-state index < -0.39 is 0 Å². The third kappa shape index (κ3) is 4.79. The van der Waals surface area contributed by atoms with Crippen LogP contribution in [0.5, 0.6) is 0 Å². The first-order chi connectivity index (χ1) is 10.2. The SMILES string of the molecule is CCNCC1CCCN(CCc2ccccc2[N+](=O)[O-])C1. The molecule has 2 rings (SSSR count). The van der Waals surface area contributed by atoms with Crippen LogP contribution in [-0.4, -0.2) is 42.5 Å². The monoisotopic (exact) mass is 291 g/mol. The smallest absolute Gasteiger partial charge is 0.272 e. The van der Waals surface area contributed by atoms with Gasteiger partial charge < -0.3 is 10.2 Å². The number of nitro groups is 1. The molecule has 1 aromatic rings. The molecular formula is C16H25N3O2. The highest BCUT2D eigenvalue weighted by Gasteiger charge is 2.20. The summed E-state index contributed by atoms with van der Waals surface area (Å²) >= 11 is 0. The number of piperidine rings is 1. The summed E-state index contributed by atoms with van der Waals surface area (Å²) in [6, 6.07) is 7.08. The van der Waals surface area contributed by atoms with Crippen LogP contribution in [0.15, 0.2) is 24.3 Å². The molecule has 1 fully saturated rings. The van der Waals surface area contributed by atoms with Gasteiger partial charge in [-0.15, -0.1) is 0 Å². The second-order valence-electron chi connectivity index (χ2n) is 5.75. The zero-order chi connectivity index (χ0) is 15.1. The van der Waals surface area contributed by atoms with E-state index in [2.05, 4.69) is 17.1 Å². The van der Waals surface area contributed by atoms with Crippen molar-refractivity contribution in [2.45, 2.75) is 26.2 Å². The van der Waals surface area contributed by atoms with Crippen LogP contribution in [0.3, 0.4) is 0 Å². The third-order valence-electron chi connectivity index (χ3n) is 4.17. The Morgan fingerprint density at radius 1 is 1.43 bits per heavy atom. The molecule has 116 valence electrons. The van der Waals surface area contributed by atoms with Crippen LogP contribution in [0.25, 0.3) is 0 Å². The fourth-order valence-electron chi connectivity index (χ4n) is 3.05. The molecule has 1 heterocycles. The number of hydrogen-bond acceptors (Lipinski definition) is 4. The number of nitrogens with zero attached hydrogens (tertiary/aromatic N) is 2. The summed E-state index contributed by atoms with van der Waals surface area (Å²) in [6.45, 7) is 7.37. The van der Waals surface area contributed by atoms with Gasteiger partial charge in [-0.2, -0.15) is 0 Å². The molecule has 0 radical (unpaired) electrons. The number of para-hydroxylation sites is 1. The Kier molecular flexibility index (Phi) is 6.14. The average molecular weight is 291 g/mol. The van der Waals surface area contributed by atoms with Gasteiger partial charge in [0.1, 0.15) is 0 Å². The minimum atomic E-state index is -0.278. The topological polar surface area (TPSA) is 58.4 Å². The minimum Gasteiger partial charge on any atom is -0.317 e. The predicted molar refractivity (Wildman–Crippen MR) is 84.5 cm³/mol. The maximum absolute atomic E-state index is 11.0. The van der Waals surface area contributed by atoms with E-state index in [-0.39, 0.29) is 10.6 Å². The van der Waals surface area contributed by atoms with Crippen LogP contribution in [0, 0.1) is 16.0 Å². The summed E-state index contributed by atoms with van der Waals surface area (Å²) in [5.41, 5.74) is 1.09. The van der Waals surface area contributed by atoms with E-state index in [0.717, 1.165) is 44.7 Å². The maximum Gasteiger partial charge on any atom is 0.272 e.